The zero-order valence-corrected chi connectivity index (χ0v) is 7.88. The number of Topliss-reactive ketones (excluding diaryl/α,β-unsaturated/α-hetero) is 1. The van der Waals surface area contributed by atoms with Crippen molar-refractivity contribution in [2.45, 2.75) is 33.8 Å². The van der Waals surface area contributed by atoms with E-state index in [9.17, 15) is 9.59 Å². The maximum absolute atomic E-state index is 11.4. The van der Waals surface area contributed by atoms with Crippen molar-refractivity contribution in [1.82, 2.24) is 0 Å². The van der Waals surface area contributed by atoms with E-state index >= 15 is 0 Å². The molecule has 0 amide bonds. The molecule has 3 heteroatoms. The average Bonchev–Trinajstić information content (AvgIpc) is 2.15. The maximum atomic E-state index is 11.4. The van der Waals surface area contributed by atoms with Gasteiger partial charge in [0.1, 0.15) is 5.92 Å². The third-order valence-electron chi connectivity index (χ3n) is 2.06. The molecule has 0 aromatic carbocycles. The van der Waals surface area contributed by atoms with Crippen LogP contribution in [0.1, 0.15) is 27.7 Å². The highest BCUT2D eigenvalue weighted by Crippen LogP contribution is 2.30. The third kappa shape index (κ3) is 1.36. The first-order valence-electron chi connectivity index (χ1n) is 4.08. The van der Waals surface area contributed by atoms with Crippen LogP contribution in [0.15, 0.2) is 0 Å². The third-order valence-corrected chi connectivity index (χ3v) is 2.06. The van der Waals surface area contributed by atoms with Gasteiger partial charge in [0.15, 0.2) is 11.9 Å². The van der Waals surface area contributed by atoms with E-state index in [1.165, 1.54) is 0 Å². The SMILES string of the molecule is C[C@@H]1C(=O)O[C@H](C(C)(C)C)C1=O. The molecule has 0 bridgehead atoms. The van der Waals surface area contributed by atoms with Crippen molar-refractivity contribution in [3.05, 3.63) is 0 Å². The Morgan fingerprint density at radius 1 is 1.25 bits per heavy atom. The van der Waals surface area contributed by atoms with Crippen LogP contribution in [0.4, 0.5) is 0 Å². The summed E-state index contributed by atoms with van der Waals surface area (Å²) in [7, 11) is 0. The molecule has 0 N–H and O–H groups in total. The Labute approximate surface area is 72.1 Å². The molecule has 0 aromatic heterocycles. The van der Waals surface area contributed by atoms with Crippen LogP contribution in [0, 0.1) is 11.3 Å². The highest BCUT2D eigenvalue weighted by atomic mass is 16.6. The number of ketones is 1. The van der Waals surface area contributed by atoms with Crippen LogP contribution in [-0.2, 0) is 14.3 Å². The van der Waals surface area contributed by atoms with Gasteiger partial charge >= 0.3 is 5.97 Å². The minimum atomic E-state index is -0.575. The molecule has 1 aliphatic heterocycles. The van der Waals surface area contributed by atoms with Gasteiger partial charge in [0.25, 0.3) is 0 Å². The number of cyclic esters (lactones) is 1. The topological polar surface area (TPSA) is 43.4 Å². The monoisotopic (exact) mass is 170 g/mol. The maximum Gasteiger partial charge on any atom is 0.317 e. The summed E-state index contributed by atoms with van der Waals surface area (Å²) >= 11 is 0. The van der Waals surface area contributed by atoms with Crippen LogP contribution in [0.2, 0.25) is 0 Å². The van der Waals surface area contributed by atoms with E-state index in [4.69, 9.17) is 4.74 Å². The molecule has 0 aliphatic carbocycles. The summed E-state index contributed by atoms with van der Waals surface area (Å²) in [4.78, 5) is 22.4. The van der Waals surface area contributed by atoms with Crippen LogP contribution in [0.25, 0.3) is 0 Å². The first-order chi connectivity index (χ1) is 5.34. The molecule has 0 aromatic rings. The van der Waals surface area contributed by atoms with E-state index < -0.39 is 12.0 Å². The minimum absolute atomic E-state index is 0.0903. The number of hydrogen-bond donors (Lipinski definition) is 0. The average molecular weight is 170 g/mol. The molecule has 0 saturated carbocycles. The van der Waals surface area contributed by atoms with Gasteiger partial charge in [0.05, 0.1) is 0 Å². The summed E-state index contributed by atoms with van der Waals surface area (Å²) in [6.07, 6.45) is -0.556. The predicted octanol–water partition coefficient (Wildman–Crippen LogP) is 1.16. The summed E-state index contributed by atoms with van der Waals surface area (Å²) in [5.41, 5.74) is -0.280. The van der Waals surface area contributed by atoms with Crippen molar-refractivity contribution < 1.29 is 14.3 Å². The molecule has 1 rings (SSSR count). The molecule has 1 saturated heterocycles. The van der Waals surface area contributed by atoms with Crippen molar-refractivity contribution in [2.75, 3.05) is 0 Å². The van der Waals surface area contributed by atoms with E-state index in [-0.39, 0.29) is 17.2 Å². The fraction of sp³-hybridized carbons (Fsp3) is 0.778. The molecule has 0 unspecified atom stereocenters. The molecular formula is C9H14O3. The standard InChI is InChI=1S/C9H14O3/c1-5-6(10)7(9(2,3)4)12-8(5)11/h5,7H,1-4H3/t5-,7-/m0/s1. The lowest BCUT2D eigenvalue weighted by molar-refractivity contribution is -0.148. The van der Waals surface area contributed by atoms with Crippen LogP contribution >= 0.6 is 0 Å². The van der Waals surface area contributed by atoms with E-state index in [0.717, 1.165) is 0 Å². The van der Waals surface area contributed by atoms with E-state index in [2.05, 4.69) is 0 Å². The van der Waals surface area contributed by atoms with Gasteiger partial charge in [-0.3, -0.25) is 9.59 Å². The number of esters is 1. The number of carbonyl (C=O) groups is 2. The predicted molar refractivity (Wildman–Crippen MR) is 43.5 cm³/mol. The van der Waals surface area contributed by atoms with Crippen molar-refractivity contribution in [1.29, 1.82) is 0 Å². The van der Waals surface area contributed by atoms with Gasteiger partial charge in [-0.05, 0) is 6.92 Å². The second-order valence-corrected chi connectivity index (χ2v) is 4.31. The largest absolute Gasteiger partial charge is 0.453 e. The molecule has 2 atom stereocenters. The molecule has 3 nitrogen and oxygen atoms in total. The van der Waals surface area contributed by atoms with Crippen LogP contribution in [0.3, 0.4) is 0 Å². The summed E-state index contributed by atoms with van der Waals surface area (Å²) in [5, 5.41) is 0. The lowest BCUT2D eigenvalue weighted by Crippen LogP contribution is -2.32. The van der Waals surface area contributed by atoms with Crippen molar-refractivity contribution in [2.24, 2.45) is 11.3 Å². The lowest BCUT2D eigenvalue weighted by Gasteiger charge is -2.23. The van der Waals surface area contributed by atoms with Gasteiger partial charge < -0.3 is 4.74 Å². The molecular weight excluding hydrogens is 156 g/mol. The molecule has 68 valence electrons. The Morgan fingerprint density at radius 3 is 1.92 bits per heavy atom. The Bertz CT molecular complexity index is 224. The Balaban J connectivity index is 2.86. The molecule has 0 spiro atoms. The second kappa shape index (κ2) is 2.57. The summed E-state index contributed by atoms with van der Waals surface area (Å²) in [6.45, 7) is 7.26. The van der Waals surface area contributed by atoms with Crippen molar-refractivity contribution in [3.63, 3.8) is 0 Å². The molecule has 0 radical (unpaired) electrons. The quantitative estimate of drug-likeness (QED) is 0.405. The molecule has 12 heavy (non-hydrogen) atoms. The first-order valence-corrected chi connectivity index (χ1v) is 4.08. The molecule has 1 heterocycles. The fourth-order valence-corrected chi connectivity index (χ4v) is 1.22. The lowest BCUT2D eigenvalue weighted by atomic mass is 9.85. The van der Waals surface area contributed by atoms with Crippen molar-refractivity contribution in [3.8, 4) is 0 Å². The van der Waals surface area contributed by atoms with Gasteiger partial charge in [-0.25, -0.2) is 0 Å². The van der Waals surface area contributed by atoms with Crippen LogP contribution in [-0.4, -0.2) is 17.9 Å². The fourth-order valence-electron chi connectivity index (χ4n) is 1.22. The van der Waals surface area contributed by atoms with E-state index in [1.807, 2.05) is 20.8 Å². The highest BCUT2D eigenvalue weighted by Gasteiger charge is 2.46. The zero-order chi connectivity index (χ0) is 9.52. The molecule has 1 aliphatic rings. The second-order valence-electron chi connectivity index (χ2n) is 4.31. The van der Waals surface area contributed by atoms with Gasteiger partial charge in [-0.2, -0.15) is 0 Å². The van der Waals surface area contributed by atoms with E-state index in [0.29, 0.717) is 0 Å². The summed E-state index contributed by atoms with van der Waals surface area (Å²) in [5.74, 6) is -1.05. The number of rotatable bonds is 0. The number of hydrogen-bond acceptors (Lipinski definition) is 3. The number of carbonyl (C=O) groups excluding carboxylic acids is 2. The van der Waals surface area contributed by atoms with Gasteiger partial charge in [-0.1, -0.05) is 20.8 Å². The first kappa shape index (κ1) is 9.23. The minimum Gasteiger partial charge on any atom is -0.453 e. The van der Waals surface area contributed by atoms with Gasteiger partial charge in [-0.15, -0.1) is 0 Å². The van der Waals surface area contributed by atoms with Gasteiger partial charge in [0, 0.05) is 5.41 Å². The highest BCUT2D eigenvalue weighted by molar-refractivity contribution is 6.06. The Kier molecular flexibility index (Phi) is 1.98. The Morgan fingerprint density at radius 2 is 1.75 bits per heavy atom. The summed E-state index contributed by atoms with van der Waals surface area (Å²) in [6, 6.07) is 0. The van der Waals surface area contributed by atoms with Crippen LogP contribution in [0.5, 0.6) is 0 Å². The smallest absolute Gasteiger partial charge is 0.317 e. The normalized spacial score (nSPS) is 30.7. The van der Waals surface area contributed by atoms with Gasteiger partial charge in [0.2, 0.25) is 0 Å². The number of ether oxygens (including phenoxy) is 1. The molecule has 1 fully saturated rings. The van der Waals surface area contributed by atoms with E-state index in [1.54, 1.807) is 6.92 Å². The van der Waals surface area contributed by atoms with Crippen LogP contribution < -0.4 is 0 Å². The van der Waals surface area contributed by atoms with Crippen molar-refractivity contribution >= 4 is 11.8 Å². The zero-order valence-electron chi connectivity index (χ0n) is 7.88. The summed E-state index contributed by atoms with van der Waals surface area (Å²) < 4.78 is 4.96. The Hall–Kier alpha value is -0.860.